The number of hydrogen-bond donors (Lipinski definition) is 1. The number of carbonyl (C=O) groups excluding carboxylic acids is 1. The molecule has 0 saturated heterocycles. The number of nitrogens with zero attached hydrogens (tertiary/aromatic N) is 5. The quantitative estimate of drug-likeness (QED) is 0.488. The monoisotopic (exact) mass is 422 g/mol. The van der Waals surface area contributed by atoms with Gasteiger partial charge in [-0.2, -0.15) is 5.10 Å². The van der Waals surface area contributed by atoms with Crippen molar-refractivity contribution in [2.24, 2.45) is 0 Å². The lowest BCUT2D eigenvalue weighted by Gasteiger charge is -2.07. The minimum absolute atomic E-state index is 0.191. The van der Waals surface area contributed by atoms with Crippen LogP contribution in [0.1, 0.15) is 5.69 Å². The van der Waals surface area contributed by atoms with Crippen molar-refractivity contribution in [3.05, 3.63) is 76.3 Å². The molecule has 10 heteroatoms. The van der Waals surface area contributed by atoms with Gasteiger partial charge in [0.2, 0.25) is 5.91 Å². The van der Waals surface area contributed by atoms with Crippen LogP contribution in [0, 0.1) is 0 Å². The highest BCUT2D eigenvalue weighted by Gasteiger charge is 2.10. The molecule has 152 valence electrons. The number of amides is 1. The zero-order valence-electron chi connectivity index (χ0n) is 16.1. The second kappa shape index (κ2) is 8.70. The Balaban J connectivity index is 1.38. The van der Waals surface area contributed by atoms with Crippen LogP contribution in [0.15, 0.2) is 65.0 Å². The van der Waals surface area contributed by atoms with E-state index in [4.69, 9.17) is 4.74 Å². The van der Waals surface area contributed by atoms with Gasteiger partial charge in [-0.25, -0.2) is 14.3 Å². The van der Waals surface area contributed by atoms with Crippen molar-refractivity contribution in [1.82, 2.24) is 29.9 Å². The number of thiazole rings is 1. The Morgan fingerprint density at radius 1 is 1.20 bits per heavy atom. The van der Waals surface area contributed by atoms with E-state index in [-0.39, 0.29) is 24.6 Å². The van der Waals surface area contributed by atoms with Gasteiger partial charge in [0.25, 0.3) is 5.56 Å². The molecule has 0 radical (unpaired) electrons. The predicted octanol–water partition coefficient (Wildman–Crippen LogP) is 1.88. The van der Waals surface area contributed by atoms with Crippen molar-refractivity contribution in [2.45, 2.75) is 13.1 Å². The van der Waals surface area contributed by atoms with E-state index in [1.54, 1.807) is 31.6 Å². The zero-order valence-corrected chi connectivity index (χ0v) is 16.9. The molecule has 0 bridgehead atoms. The van der Waals surface area contributed by atoms with Gasteiger partial charge in [-0.3, -0.25) is 9.59 Å². The summed E-state index contributed by atoms with van der Waals surface area (Å²) >= 11 is 1.49. The van der Waals surface area contributed by atoms with E-state index in [0.717, 1.165) is 26.7 Å². The van der Waals surface area contributed by atoms with Crippen molar-refractivity contribution in [3.8, 4) is 22.1 Å². The smallest absolute Gasteiger partial charge is 0.267 e. The minimum atomic E-state index is -0.364. The number of methoxy groups -OCH3 is 1. The Bertz CT molecular complexity index is 1200. The van der Waals surface area contributed by atoms with Gasteiger partial charge in [-0.1, -0.05) is 0 Å². The summed E-state index contributed by atoms with van der Waals surface area (Å²) < 4.78 is 7.79. The van der Waals surface area contributed by atoms with Gasteiger partial charge >= 0.3 is 0 Å². The highest BCUT2D eigenvalue weighted by atomic mass is 32.1. The molecule has 1 N–H and O–H groups in total. The van der Waals surface area contributed by atoms with Crippen LogP contribution in [0.4, 0.5) is 0 Å². The molecule has 0 aliphatic rings. The molecule has 4 rings (SSSR count). The molecule has 4 aromatic rings. The Hall–Kier alpha value is -3.79. The molecule has 3 aromatic heterocycles. The van der Waals surface area contributed by atoms with E-state index in [1.165, 1.54) is 22.1 Å². The fourth-order valence-electron chi connectivity index (χ4n) is 2.71. The first-order valence-electron chi connectivity index (χ1n) is 9.06. The molecule has 0 saturated carbocycles. The topological polar surface area (TPSA) is 104 Å². The van der Waals surface area contributed by atoms with Crippen LogP contribution in [-0.4, -0.2) is 37.6 Å². The van der Waals surface area contributed by atoms with Gasteiger partial charge in [-0.05, 0) is 36.4 Å². The molecule has 1 amide bonds. The number of hydrogen-bond acceptors (Lipinski definition) is 7. The van der Waals surface area contributed by atoms with Gasteiger partial charge in [0.15, 0.2) is 5.82 Å². The van der Waals surface area contributed by atoms with Crippen LogP contribution in [0.5, 0.6) is 5.75 Å². The molecule has 3 heterocycles. The molecule has 0 spiro atoms. The van der Waals surface area contributed by atoms with Gasteiger partial charge in [0.05, 0.1) is 19.3 Å². The van der Waals surface area contributed by atoms with Gasteiger partial charge in [-0.15, -0.1) is 16.4 Å². The van der Waals surface area contributed by atoms with Crippen LogP contribution in [0.2, 0.25) is 0 Å². The first kappa shape index (κ1) is 19.5. The number of nitrogens with one attached hydrogen (secondary N) is 1. The zero-order chi connectivity index (χ0) is 20.9. The Kier molecular flexibility index (Phi) is 5.66. The van der Waals surface area contributed by atoms with Crippen molar-refractivity contribution in [3.63, 3.8) is 0 Å². The van der Waals surface area contributed by atoms with Crippen LogP contribution >= 0.6 is 11.3 Å². The van der Waals surface area contributed by atoms with E-state index in [2.05, 4.69) is 20.5 Å². The highest BCUT2D eigenvalue weighted by molar-refractivity contribution is 7.13. The summed E-state index contributed by atoms with van der Waals surface area (Å²) in [6.45, 7) is 0.0719. The van der Waals surface area contributed by atoms with Crippen LogP contribution in [0.3, 0.4) is 0 Å². The third-order valence-electron chi connectivity index (χ3n) is 4.24. The highest BCUT2D eigenvalue weighted by Crippen LogP contribution is 2.25. The lowest BCUT2D eigenvalue weighted by atomic mass is 10.2. The molecule has 9 nitrogen and oxygen atoms in total. The summed E-state index contributed by atoms with van der Waals surface area (Å²) in [5.41, 5.74) is 1.35. The lowest BCUT2D eigenvalue weighted by molar-refractivity contribution is -0.122. The van der Waals surface area contributed by atoms with Crippen LogP contribution in [0.25, 0.3) is 16.4 Å². The predicted molar refractivity (Wildman–Crippen MR) is 112 cm³/mol. The number of benzene rings is 1. The van der Waals surface area contributed by atoms with E-state index in [9.17, 15) is 9.59 Å². The lowest BCUT2D eigenvalue weighted by Crippen LogP contribution is -2.33. The average molecular weight is 422 g/mol. The summed E-state index contributed by atoms with van der Waals surface area (Å²) in [6, 6.07) is 12.3. The maximum absolute atomic E-state index is 12.3. The normalized spacial score (nSPS) is 10.7. The number of ether oxygens (including phenoxy) is 1. The first-order valence-corrected chi connectivity index (χ1v) is 9.94. The fraction of sp³-hybridized carbons (Fsp3) is 0.150. The molecule has 1 aromatic carbocycles. The molecule has 0 aliphatic carbocycles. The molecule has 0 unspecified atom stereocenters. The van der Waals surface area contributed by atoms with E-state index >= 15 is 0 Å². The summed E-state index contributed by atoms with van der Waals surface area (Å²) in [5.74, 6) is 0.903. The third kappa shape index (κ3) is 4.44. The molecule has 0 atom stereocenters. The molecular weight excluding hydrogens is 404 g/mol. The summed E-state index contributed by atoms with van der Waals surface area (Å²) in [6.07, 6.45) is 3.32. The van der Waals surface area contributed by atoms with Crippen molar-refractivity contribution in [1.29, 1.82) is 0 Å². The van der Waals surface area contributed by atoms with E-state index < -0.39 is 0 Å². The minimum Gasteiger partial charge on any atom is -0.497 e. The first-order chi connectivity index (χ1) is 14.6. The fourth-order valence-corrected chi connectivity index (χ4v) is 3.54. The third-order valence-corrected chi connectivity index (χ3v) is 5.18. The van der Waals surface area contributed by atoms with Crippen LogP contribution in [-0.2, 0) is 17.9 Å². The van der Waals surface area contributed by atoms with E-state index in [1.807, 2.05) is 29.6 Å². The Labute approximate surface area is 175 Å². The second-order valence-electron chi connectivity index (χ2n) is 6.29. The van der Waals surface area contributed by atoms with Gasteiger partial charge in [0.1, 0.15) is 17.3 Å². The van der Waals surface area contributed by atoms with Crippen molar-refractivity contribution >= 4 is 17.2 Å². The number of carbonyl (C=O) groups is 1. The SMILES string of the molecule is COc1ccc(-c2nc(CNC(=O)Cn3nc(-n4cccn4)ccc3=O)cs2)cc1. The maximum Gasteiger partial charge on any atom is 0.267 e. The van der Waals surface area contributed by atoms with Gasteiger partial charge in [0, 0.05) is 29.4 Å². The molecule has 0 fully saturated rings. The second-order valence-corrected chi connectivity index (χ2v) is 7.15. The van der Waals surface area contributed by atoms with Gasteiger partial charge < -0.3 is 10.1 Å². The molecular formula is C20H18N6O3S. The Morgan fingerprint density at radius 2 is 2.03 bits per heavy atom. The maximum atomic E-state index is 12.3. The molecule has 30 heavy (non-hydrogen) atoms. The summed E-state index contributed by atoms with van der Waals surface area (Å²) in [7, 11) is 1.62. The Morgan fingerprint density at radius 3 is 2.77 bits per heavy atom. The van der Waals surface area contributed by atoms with Crippen LogP contribution < -0.4 is 15.6 Å². The number of aromatic nitrogens is 5. The van der Waals surface area contributed by atoms with Crippen molar-refractivity contribution in [2.75, 3.05) is 7.11 Å². The van der Waals surface area contributed by atoms with E-state index in [0.29, 0.717) is 5.82 Å². The molecule has 0 aliphatic heterocycles. The summed E-state index contributed by atoms with van der Waals surface area (Å²) in [5, 5.41) is 13.8. The van der Waals surface area contributed by atoms with Crippen molar-refractivity contribution < 1.29 is 9.53 Å². The summed E-state index contributed by atoms with van der Waals surface area (Å²) in [4.78, 5) is 28.9. The number of rotatable bonds is 7. The standard InChI is InChI=1S/C20H18N6O3S/c1-29-16-5-3-14(4-6-16)20-23-15(13-30-20)11-21-18(27)12-26-19(28)8-7-17(24-26)25-10-2-9-22-25/h2-10,13H,11-12H2,1H3,(H,21,27). The largest absolute Gasteiger partial charge is 0.497 e. The average Bonchev–Trinajstić information content (AvgIpc) is 3.46.